The maximum absolute atomic E-state index is 12.6. The Morgan fingerprint density at radius 3 is 2.66 bits per heavy atom. The molecular formula is C21H21N5O3. The number of anilines is 1. The summed E-state index contributed by atoms with van der Waals surface area (Å²) in [6.45, 7) is 2.50. The third-order valence-corrected chi connectivity index (χ3v) is 5.26. The van der Waals surface area contributed by atoms with Crippen LogP contribution in [0.2, 0.25) is 0 Å². The predicted octanol–water partition coefficient (Wildman–Crippen LogP) is 4.14. The summed E-state index contributed by atoms with van der Waals surface area (Å²) in [5.41, 5.74) is 2.11. The summed E-state index contributed by atoms with van der Waals surface area (Å²) in [5, 5.41) is 22.6. The molecule has 1 aliphatic rings. The van der Waals surface area contributed by atoms with Gasteiger partial charge in [-0.2, -0.15) is 0 Å². The quantitative estimate of drug-likeness (QED) is 0.532. The van der Waals surface area contributed by atoms with E-state index in [-0.39, 0.29) is 17.2 Å². The zero-order valence-corrected chi connectivity index (χ0v) is 16.1. The molecule has 1 N–H and O–H groups in total. The summed E-state index contributed by atoms with van der Waals surface area (Å²) in [6, 6.07) is 11.9. The van der Waals surface area contributed by atoms with Crippen LogP contribution in [0.3, 0.4) is 0 Å². The number of hydrogen-bond acceptors (Lipinski definition) is 5. The molecule has 0 radical (unpaired) electrons. The van der Waals surface area contributed by atoms with Crippen molar-refractivity contribution in [3.8, 4) is 11.4 Å². The Kier molecular flexibility index (Phi) is 5.07. The van der Waals surface area contributed by atoms with Gasteiger partial charge < -0.3 is 9.88 Å². The van der Waals surface area contributed by atoms with Crippen LogP contribution in [0.4, 0.5) is 11.4 Å². The van der Waals surface area contributed by atoms with Gasteiger partial charge in [-0.1, -0.05) is 12.5 Å². The van der Waals surface area contributed by atoms with E-state index in [2.05, 4.69) is 20.1 Å². The number of nitrogens with one attached hydrogen (secondary N) is 1. The molecule has 8 nitrogen and oxygen atoms in total. The van der Waals surface area contributed by atoms with E-state index in [1.54, 1.807) is 25.1 Å². The molecule has 0 bridgehead atoms. The number of nitrogens with zero attached hydrogens (tertiary/aromatic N) is 4. The van der Waals surface area contributed by atoms with Crippen molar-refractivity contribution in [1.29, 1.82) is 0 Å². The van der Waals surface area contributed by atoms with Crippen molar-refractivity contribution in [2.45, 2.75) is 39.2 Å². The van der Waals surface area contributed by atoms with E-state index in [4.69, 9.17) is 0 Å². The van der Waals surface area contributed by atoms with E-state index >= 15 is 0 Å². The van der Waals surface area contributed by atoms with Crippen LogP contribution in [0, 0.1) is 17.0 Å². The fourth-order valence-electron chi connectivity index (χ4n) is 3.67. The molecule has 0 saturated heterocycles. The van der Waals surface area contributed by atoms with Crippen LogP contribution >= 0.6 is 0 Å². The van der Waals surface area contributed by atoms with Gasteiger partial charge in [0.05, 0.1) is 4.92 Å². The van der Waals surface area contributed by atoms with Gasteiger partial charge in [0.1, 0.15) is 5.82 Å². The number of hydrogen-bond donors (Lipinski definition) is 1. The highest BCUT2D eigenvalue weighted by Crippen LogP contribution is 2.25. The van der Waals surface area contributed by atoms with Crippen molar-refractivity contribution >= 4 is 17.3 Å². The summed E-state index contributed by atoms with van der Waals surface area (Å²) in [7, 11) is 0. The Balaban J connectivity index is 1.54. The zero-order chi connectivity index (χ0) is 20.4. The van der Waals surface area contributed by atoms with Gasteiger partial charge in [0, 0.05) is 41.4 Å². The first-order chi connectivity index (χ1) is 14.0. The molecule has 0 saturated carbocycles. The minimum Gasteiger partial charge on any atom is -0.322 e. The molecule has 4 rings (SSSR count). The van der Waals surface area contributed by atoms with Gasteiger partial charge >= 0.3 is 0 Å². The van der Waals surface area contributed by atoms with E-state index < -0.39 is 4.92 Å². The molecule has 0 atom stereocenters. The number of amides is 1. The summed E-state index contributed by atoms with van der Waals surface area (Å²) in [5.74, 6) is 1.49. The maximum atomic E-state index is 12.6. The number of aryl methyl sites for hydroxylation is 1. The highest BCUT2D eigenvalue weighted by Gasteiger charge is 2.19. The van der Waals surface area contributed by atoms with Crippen LogP contribution in [0.5, 0.6) is 0 Å². The summed E-state index contributed by atoms with van der Waals surface area (Å²) in [4.78, 5) is 23.2. The Morgan fingerprint density at radius 2 is 1.90 bits per heavy atom. The van der Waals surface area contributed by atoms with Crippen LogP contribution in [0.25, 0.3) is 11.4 Å². The van der Waals surface area contributed by atoms with Crippen molar-refractivity contribution in [3.05, 3.63) is 69.5 Å². The van der Waals surface area contributed by atoms with E-state index in [0.29, 0.717) is 11.3 Å². The van der Waals surface area contributed by atoms with Gasteiger partial charge in [-0.25, -0.2) is 0 Å². The lowest BCUT2D eigenvalue weighted by atomic mass is 10.1. The number of nitro benzene ring substituents is 1. The fourth-order valence-corrected chi connectivity index (χ4v) is 3.67. The average molecular weight is 391 g/mol. The molecule has 29 heavy (non-hydrogen) atoms. The van der Waals surface area contributed by atoms with Gasteiger partial charge in [0.2, 0.25) is 0 Å². The number of rotatable bonds is 4. The Labute approximate surface area is 167 Å². The van der Waals surface area contributed by atoms with Crippen molar-refractivity contribution in [2.75, 3.05) is 5.32 Å². The summed E-state index contributed by atoms with van der Waals surface area (Å²) in [6.07, 6.45) is 4.41. The molecule has 1 aliphatic heterocycles. The zero-order valence-electron chi connectivity index (χ0n) is 16.1. The van der Waals surface area contributed by atoms with Crippen LogP contribution in [0.15, 0.2) is 42.5 Å². The standard InChI is InChI=1S/C21H21N5O3/c1-14-17(6-5-7-18(14)26(28)29)21(27)22-16-11-9-15(10-12-16)20-24-23-19-8-3-2-4-13-25(19)20/h5-7,9-12H,2-4,8,13H2,1H3,(H,22,27). The molecule has 2 heterocycles. The first-order valence-corrected chi connectivity index (χ1v) is 9.62. The fraction of sp³-hybridized carbons (Fsp3) is 0.286. The van der Waals surface area contributed by atoms with Crippen molar-refractivity contribution in [3.63, 3.8) is 0 Å². The second-order valence-corrected chi connectivity index (χ2v) is 7.14. The van der Waals surface area contributed by atoms with Crippen molar-refractivity contribution in [1.82, 2.24) is 14.8 Å². The molecule has 0 spiro atoms. The largest absolute Gasteiger partial charge is 0.322 e. The molecule has 1 aromatic heterocycles. The summed E-state index contributed by atoms with van der Waals surface area (Å²) < 4.78 is 2.17. The lowest BCUT2D eigenvalue weighted by Crippen LogP contribution is -2.14. The molecule has 0 aliphatic carbocycles. The van der Waals surface area contributed by atoms with Crippen LogP contribution < -0.4 is 5.32 Å². The molecule has 1 amide bonds. The molecule has 0 unspecified atom stereocenters. The summed E-state index contributed by atoms with van der Waals surface area (Å²) >= 11 is 0. The Morgan fingerprint density at radius 1 is 1.10 bits per heavy atom. The SMILES string of the molecule is Cc1c(C(=O)Nc2ccc(-c3nnc4n3CCCCC4)cc2)cccc1[N+](=O)[O-]. The van der Waals surface area contributed by atoms with Gasteiger partial charge in [-0.3, -0.25) is 14.9 Å². The number of carbonyl (C=O) groups is 1. The number of carbonyl (C=O) groups excluding carboxylic acids is 1. The Hall–Kier alpha value is -3.55. The topological polar surface area (TPSA) is 103 Å². The van der Waals surface area contributed by atoms with Gasteiger partial charge in [0.15, 0.2) is 5.82 Å². The monoisotopic (exact) mass is 391 g/mol. The van der Waals surface area contributed by atoms with Crippen LogP contribution in [0.1, 0.15) is 41.0 Å². The third-order valence-electron chi connectivity index (χ3n) is 5.26. The third kappa shape index (κ3) is 3.73. The van der Waals surface area contributed by atoms with E-state index in [1.807, 2.05) is 12.1 Å². The molecule has 3 aromatic rings. The maximum Gasteiger partial charge on any atom is 0.273 e. The van der Waals surface area contributed by atoms with Gasteiger partial charge in [-0.15, -0.1) is 10.2 Å². The first kappa shape index (κ1) is 18.8. The molecule has 8 heteroatoms. The first-order valence-electron chi connectivity index (χ1n) is 9.62. The van der Waals surface area contributed by atoms with Crippen LogP contribution in [-0.4, -0.2) is 25.6 Å². The van der Waals surface area contributed by atoms with Crippen molar-refractivity contribution in [2.24, 2.45) is 0 Å². The number of nitro groups is 1. The molecule has 148 valence electrons. The van der Waals surface area contributed by atoms with Crippen molar-refractivity contribution < 1.29 is 9.72 Å². The number of fused-ring (bicyclic) bond motifs is 1. The second-order valence-electron chi connectivity index (χ2n) is 7.14. The number of benzene rings is 2. The van der Waals surface area contributed by atoms with Gasteiger partial charge in [-0.05, 0) is 50.1 Å². The number of aromatic nitrogens is 3. The van der Waals surface area contributed by atoms with Gasteiger partial charge in [0.25, 0.3) is 11.6 Å². The second kappa shape index (κ2) is 7.83. The van der Waals surface area contributed by atoms with Crippen LogP contribution in [-0.2, 0) is 13.0 Å². The predicted molar refractivity (Wildman–Crippen MR) is 109 cm³/mol. The lowest BCUT2D eigenvalue weighted by molar-refractivity contribution is -0.385. The minimum atomic E-state index is -0.484. The smallest absolute Gasteiger partial charge is 0.273 e. The molecule has 2 aromatic carbocycles. The van der Waals surface area contributed by atoms with E-state index in [0.717, 1.165) is 43.0 Å². The normalized spacial score (nSPS) is 13.4. The van der Waals surface area contributed by atoms with E-state index in [1.165, 1.54) is 18.6 Å². The highest BCUT2D eigenvalue weighted by molar-refractivity contribution is 6.05. The average Bonchev–Trinajstić information content (AvgIpc) is 2.96. The molecule has 0 fully saturated rings. The Bertz CT molecular complexity index is 1070. The van der Waals surface area contributed by atoms with E-state index in [9.17, 15) is 14.9 Å². The highest BCUT2D eigenvalue weighted by atomic mass is 16.6. The minimum absolute atomic E-state index is 0.0690. The lowest BCUT2D eigenvalue weighted by Gasteiger charge is -2.10. The molecular weight excluding hydrogens is 370 g/mol.